The minimum Gasteiger partial charge on any atom is -0.369 e. The molecule has 7 fully saturated rings. The highest BCUT2D eigenvalue weighted by Gasteiger charge is 2.77. The molecule has 0 aromatic carbocycles. The standard InChI is InChI=1S/C15H18O2/c1-4-6-2-8(14-12(6)16-14)10(4)11-5(1)7-3-9(11)15-13(7)17-15/h4-15H,1-3H2. The summed E-state index contributed by atoms with van der Waals surface area (Å²) in [7, 11) is 0. The first kappa shape index (κ1) is 8.16. The molecule has 2 nitrogen and oxygen atoms in total. The predicted molar refractivity (Wildman–Crippen MR) is 59.1 cm³/mol. The highest BCUT2D eigenvalue weighted by molar-refractivity contribution is 5.24. The summed E-state index contributed by atoms with van der Waals surface area (Å²) >= 11 is 0. The van der Waals surface area contributed by atoms with Crippen LogP contribution in [0, 0.1) is 47.3 Å². The van der Waals surface area contributed by atoms with Crippen LogP contribution in [0.15, 0.2) is 0 Å². The maximum atomic E-state index is 5.91. The zero-order valence-corrected chi connectivity index (χ0v) is 9.87. The molecule has 5 saturated carbocycles. The molecule has 2 heteroatoms. The zero-order chi connectivity index (χ0) is 10.5. The van der Waals surface area contributed by atoms with Gasteiger partial charge in [0.25, 0.3) is 0 Å². The van der Waals surface area contributed by atoms with Gasteiger partial charge in [-0.15, -0.1) is 0 Å². The Labute approximate surface area is 101 Å². The fourth-order valence-corrected chi connectivity index (χ4v) is 7.73. The van der Waals surface area contributed by atoms with Crippen molar-refractivity contribution in [3.8, 4) is 0 Å². The van der Waals surface area contributed by atoms with Crippen LogP contribution in [0.25, 0.3) is 0 Å². The summed E-state index contributed by atoms with van der Waals surface area (Å²) < 4.78 is 11.8. The van der Waals surface area contributed by atoms with Crippen LogP contribution in [-0.4, -0.2) is 24.4 Å². The second kappa shape index (κ2) is 2.12. The molecule has 2 aliphatic heterocycles. The first-order chi connectivity index (χ1) is 8.42. The molecule has 2 saturated heterocycles. The summed E-state index contributed by atoms with van der Waals surface area (Å²) in [5.74, 6) is 8.18. The normalized spacial score (nSPS) is 83.3. The average Bonchev–Trinajstić information content (AvgIpc) is 3.08. The quantitative estimate of drug-likeness (QED) is 0.592. The maximum absolute atomic E-state index is 5.91. The second-order valence-corrected chi connectivity index (χ2v) is 7.98. The molecular formula is C15H18O2. The fraction of sp³-hybridized carbons (Fsp3) is 1.00. The number of epoxide rings is 2. The van der Waals surface area contributed by atoms with Crippen LogP contribution >= 0.6 is 0 Å². The van der Waals surface area contributed by atoms with Crippen LogP contribution < -0.4 is 0 Å². The zero-order valence-electron chi connectivity index (χ0n) is 9.87. The van der Waals surface area contributed by atoms with Gasteiger partial charge in [-0.05, 0) is 66.6 Å². The molecule has 0 radical (unpaired) electrons. The molecule has 90 valence electrons. The van der Waals surface area contributed by atoms with E-state index in [2.05, 4.69) is 0 Å². The summed E-state index contributed by atoms with van der Waals surface area (Å²) in [5, 5.41) is 0. The summed E-state index contributed by atoms with van der Waals surface area (Å²) in [6.45, 7) is 0. The van der Waals surface area contributed by atoms with E-state index in [4.69, 9.17) is 9.47 Å². The third-order valence-electron chi connectivity index (χ3n) is 7.97. The smallest absolute Gasteiger partial charge is 0.0875 e. The van der Waals surface area contributed by atoms with Crippen molar-refractivity contribution in [1.82, 2.24) is 0 Å². The second-order valence-electron chi connectivity index (χ2n) is 7.98. The van der Waals surface area contributed by atoms with Gasteiger partial charge in [0, 0.05) is 0 Å². The first-order valence-corrected chi connectivity index (χ1v) is 7.73. The van der Waals surface area contributed by atoms with Crippen LogP contribution in [0.1, 0.15) is 19.3 Å². The van der Waals surface area contributed by atoms with E-state index < -0.39 is 0 Å². The van der Waals surface area contributed by atoms with Crippen molar-refractivity contribution in [2.24, 2.45) is 47.3 Å². The Balaban J connectivity index is 1.37. The molecule has 17 heavy (non-hydrogen) atoms. The molecule has 7 aliphatic rings. The molecule has 0 amide bonds. The Morgan fingerprint density at radius 2 is 0.882 bits per heavy atom. The van der Waals surface area contributed by atoms with Gasteiger partial charge >= 0.3 is 0 Å². The molecule has 0 aromatic heterocycles. The van der Waals surface area contributed by atoms with Crippen molar-refractivity contribution < 1.29 is 9.47 Å². The number of fused-ring (bicyclic) bond motifs is 17. The Morgan fingerprint density at radius 3 is 1.41 bits per heavy atom. The van der Waals surface area contributed by atoms with E-state index in [0.717, 1.165) is 71.8 Å². The van der Waals surface area contributed by atoms with Crippen LogP contribution in [0.2, 0.25) is 0 Å². The molecular weight excluding hydrogens is 212 g/mol. The molecule has 4 bridgehead atoms. The van der Waals surface area contributed by atoms with Gasteiger partial charge in [0.05, 0.1) is 24.4 Å². The van der Waals surface area contributed by atoms with Crippen molar-refractivity contribution in [2.45, 2.75) is 43.7 Å². The van der Waals surface area contributed by atoms with Gasteiger partial charge in [-0.25, -0.2) is 0 Å². The minimum atomic E-state index is 0.718. The van der Waals surface area contributed by atoms with Crippen LogP contribution in [0.4, 0.5) is 0 Å². The molecule has 12 atom stereocenters. The van der Waals surface area contributed by atoms with Gasteiger partial charge in [-0.2, -0.15) is 0 Å². The fourth-order valence-electron chi connectivity index (χ4n) is 7.73. The van der Waals surface area contributed by atoms with Crippen LogP contribution in [0.5, 0.6) is 0 Å². The lowest BCUT2D eigenvalue weighted by molar-refractivity contribution is 0.152. The summed E-state index contributed by atoms with van der Waals surface area (Å²) in [6.07, 6.45) is 7.49. The van der Waals surface area contributed by atoms with E-state index in [-0.39, 0.29) is 0 Å². The lowest BCUT2D eigenvalue weighted by Crippen LogP contribution is -2.33. The van der Waals surface area contributed by atoms with E-state index in [1.54, 1.807) is 6.42 Å². The SMILES string of the molecule is C1C2C3CC(C4OC34)C2C2C1C1CC2C2OC12. The van der Waals surface area contributed by atoms with Crippen molar-refractivity contribution >= 4 is 0 Å². The molecule has 7 rings (SSSR count). The van der Waals surface area contributed by atoms with E-state index in [9.17, 15) is 0 Å². The Bertz CT molecular complexity index is 408. The highest BCUT2D eigenvalue weighted by atomic mass is 16.6. The van der Waals surface area contributed by atoms with Gasteiger partial charge < -0.3 is 9.47 Å². The number of ether oxygens (including phenoxy) is 2. The minimum absolute atomic E-state index is 0.718. The molecule has 0 spiro atoms. The Kier molecular flexibility index (Phi) is 1.02. The third-order valence-corrected chi connectivity index (χ3v) is 7.97. The lowest BCUT2D eigenvalue weighted by atomic mass is 9.72. The maximum Gasteiger partial charge on any atom is 0.0875 e. The van der Waals surface area contributed by atoms with E-state index in [1.807, 2.05) is 0 Å². The number of hydrogen-bond donors (Lipinski definition) is 0. The third kappa shape index (κ3) is 0.669. The monoisotopic (exact) mass is 230 g/mol. The summed E-state index contributed by atoms with van der Waals surface area (Å²) in [6, 6.07) is 0. The van der Waals surface area contributed by atoms with Gasteiger partial charge in [0.15, 0.2) is 0 Å². The summed E-state index contributed by atoms with van der Waals surface area (Å²) in [5.41, 5.74) is 0. The average molecular weight is 230 g/mol. The molecule has 0 N–H and O–H groups in total. The molecule has 2 heterocycles. The van der Waals surface area contributed by atoms with Gasteiger partial charge in [0.2, 0.25) is 0 Å². The number of hydrogen-bond acceptors (Lipinski definition) is 2. The summed E-state index contributed by atoms with van der Waals surface area (Å²) in [4.78, 5) is 0. The predicted octanol–water partition coefficient (Wildman–Crippen LogP) is 1.69. The molecule has 12 unspecified atom stereocenters. The van der Waals surface area contributed by atoms with Crippen LogP contribution in [-0.2, 0) is 9.47 Å². The van der Waals surface area contributed by atoms with E-state index in [0.29, 0.717) is 0 Å². The van der Waals surface area contributed by atoms with Crippen LogP contribution in [0.3, 0.4) is 0 Å². The van der Waals surface area contributed by atoms with Crippen molar-refractivity contribution in [1.29, 1.82) is 0 Å². The Morgan fingerprint density at radius 1 is 0.471 bits per heavy atom. The van der Waals surface area contributed by atoms with E-state index in [1.165, 1.54) is 12.8 Å². The van der Waals surface area contributed by atoms with Crippen molar-refractivity contribution in [2.75, 3.05) is 0 Å². The Hall–Kier alpha value is -0.0800. The van der Waals surface area contributed by atoms with Gasteiger partial charge in [-0.1, -0.05) is 0 Å². The number of rotatable bonds is 0. The first-order valence-electron chi connectivity index (χ1n) is 7.73. The van der Waals surface area contributed by atoms with Gasteiger partial charge in [0.1, 0.15) is 0 Å². The topological polar surface area (TPSA) is 25.1 Å². The van der Waals surface area contributed by atoms with Crippen molar-refractivity contribution in [3.63, 3.8) is 0 Å². The largest absolute Gasteiger partial charge is 0.369 e. The lowest BCUT2D eigenvalue weighted by Gasteiger charge is -2.30. The van der Waals surface area contributed by atoms with E-state index >= 15 is 0 Å². The van der Waals surface area contributed by atoms with Crippen molar-refractivity contribution in [3.05, 3.63) is 0 Å². The molecule has 5 aliphatic carbocycles. The van der Waals surface area contributed by atoms with Gasteiger partial charge in [-0.3, -0.25) is 0 Å². The molecule has 0 aromatic rings. The highest BCUT2D eigenvalue weighted by Crippen LogP contribution is 2.76.